The summed E-state index contributed by atoms with van der Waals surface area (Å²) < 4.78 is 2.19. The fourth-order valence-electron chi connectivity index (χ4n) is 2.38. The molecular formula is C14H27N3. The fraction of sp³-hybridized carbons (Fsp3) is 0.786. The van der Waals surface area contributed by atoms with Crippen LogP contribution >= 0.6 is 0 Å². The Bertz CT molecular complexity index is 328. The second-order valence-electron chi connectivity index (χ2n) is 4.57. The molecule has 0 spiro atoms. The van der Waals surface area contributed by atoms with Gasteiger partial charge in [0, 0.05) is 24.3 Å². The van der Waals surface area contributed by atoms with Crippen molar-refractivity contribution < 1.29 is 0 Å². The molecule has 0 aliphatic carbocycles. The Labute approximate surface area is 105 Å². The molecule has 0 aromatic carbocycles. The average molecular weight is 237 g/mol. The van der Waals surface area contributed by atoms with Crippen molar-refractivity contribution in [3.63, 3.8) is 0 Å². The highest BCUT2D eigenvalue weighted by Crippen LogP contribution is 2.16. The van der Waals surface area contributed by atoms with Gasteiger partial charge in [0.25, 0.3) is 0 Å². The van der Waals surface area contributed by atoms with Crippen LogP contribution in [0.4, 0.5) is 0 Å². The number of nitrogens with two attached hydrogens (primary N) is 1. The van der Waals surface area contributed by atoms with E-state index in [1.807, 2.05) is 0 Å². The Hall–Kier alpha value is -0.830. The number of aryl methyl sites for hydroxylation is 2. The molecule has 0 fully saturated rings. The van der Waals surface area contributed by atoms with Crippen molar-refractivity contribution in [2.75, 3.05) is 0 Å². The lowest BCUT2D eigenvalue weighted by Crippen LogP contribution is -2.07. The first kappa shape index (κ1) is 14.2. The molecule has 1 heterocycles. The number of hydrogen-bond donors (Lipinski definition) is 1. The van der Waals surface area contributed by atoms with E-state index in [-0.39, 0.29) is 0 Å². The van der Waals surface area contributed by atoms with Crippen molar-refractivity contribution in [1.29, 1.82) is 0 Å². The van der Waals surface area contributed by atoms with E-state index in [0.29, 0.717) is 6.54 Å². The summed E-state index contributed by atoms with van der Waals surface area (Å²) in [4.78, 5) is 0. The van der Waals surface area contributed by atoms with E-state index >= 15 is 0 Å². The van der Waals surface area contributed by atoms with Crippen molar-refractivity contribution in [3.05, 3.63) is 17.0 Å². The predicted molar refractivity (Wildman–Crippen MR) is 73.0 cm³/mol. The van der Waals surface area contributed by atoms with E-state index < -0.39 is 0 Å². The molecule has 0 aliphatic heterocycles. The molecule has 0 saturated heterocycles. The first-order valence-electron chi connectivity index (χ1n) is 7.05. The highest BCUT2D eigenvalue weighted by Gasteiger charge is 2.13. The topological polar surface area (TPSA) is 43.8 Å². The molecule has 0 atom stereocenters. The summed E-state index contributed by atoms with van der Waals surface area (Å²) in [7, 11) is 0. The Balaban J connectivity index is 2.73. The third kappa shape index (κ3) is 3.56. The molecule has 3 nitrogen and oxygen atoms in total. The molecule has 1 aromatic heterocycles. The van der Waals surface area contributed by atoms with Crippen molar-refractivity contribution in [3.8, 4) is 0 Å². The monoisotopic (exact) mass is 237 g/mol. The van der Waals surface area contributed by atoms with Crippen LogP contribution in [0.25, 0.3) is 0 Å². The number of rotatable bonds is 8. The molecule has 2 N–H and O–H groups in total. The van der Waals surface area contributed by atoms with E-state index in [9.17, 15) is 0 Å². The zero-order chi connectivity index (χ0) is 12.7. The third-order valence-corrected chi connectivity index (χ3v) is 3.35. The Morgan fingerprint density at radius 2 is 1.82 bits per heavy atom. The van der Waals surface area contributed by atoms with Crippen LogP contribution in [0.2, 0.25) is 0 Å². The molecule has 3 heteroatoms. The highest BCUT2D eigenvalue weighted by molar-refractivity contribution is 5.26. The largest absolute Gasteiger partial charge is 0.326 e. The van der Waals surface area contributed by atoms with Gasteiger partial charge in [0.15, 0.2) is 0 Å². The third-order valence-electron chi connectivity index (χ3n) is 3.35. The summed E-state index contributed by atoms with van der Waals surface area (Å²) in [5, 5.41) is 4.70. The van der Waals surface area contributed by atoms with Crippen LogP contribution in [0.15, 0.2) is 0 Å². The molecule has 0 aliphatic rings. The van der Waals surface area contributed by atoms with Crippen LogP contribution in [0.3, 0.4) is 0 Å². The van der Waals surface area contributed by atoms with Crippen LogP contribution in [0, 0.1) is 0 Å². The van der Waals surface area contributed by atoms with Gasteiger partial charge >= 0.3 is 0 Å². The second kappa shape index (κ2) is 7.49. The van der Waals surface area contributed by atoms with Gasteiger partial charge in [-0.2, -0.15) is 5.10 Å². The minimum atomic E-state index is 0.626. The van der Waals surface area contributed by atoms with Gasteiger partial charge in [-0.05, 0) is 19.3 Å². The number of nitrogens with zero attached hydrogens (tertiary/aromatic N) is 2. The fourth-order valence-corrected chi connectivity index (χ4v) is 2.38. The molecule has 0 unspecified atom stereocenters. The quantitative estimate of drug-likeness (QED) is 0.706. The predicted octanol–water partition coefficient (Wildman–Crippen LogP) is 3.05. The lowest BCUT2D eigenvalue weighted by molar-refractivity contribution is 0.522. The van der Waals surface area contributed by atoms with E-state index in [1.54, 1.807) is 0 Å². The van der Waals surface area contributed by atoms with Gasteiger partial charge in [0.1, 0.15) is 0 Å². The SMILES string of the molecule is CCCCCCn1nc(CC)c(CN)c1CC. The lowest BCUT2D eigenvalue weighted by Gasteiger charge is -2.06. The molecule has 0 amide bonds. The molecule has 17 heavy (non-hydrogen) atoms. The Kier molecular flexibility index (Phi) is 6.27. The number of aromatic nitrogens is 2. The van der Waals surface area contributed by atoms with Crippen LogP contribution in [-0.2, 0) is 25.9 Å². The minimum absolute atomic E-state index is 0.626. The molecule has 1 rings (SSSR count). The highest BCUT2D eigenvalue weighted by atomic mass is 15.3. The standard InChI is InChI=1S/C14H27N3/c1-4-7-8-9-10-17-14(6-3)12(11-15)13(5-2)16-17/h4-11,15H2,1-3H3. The number of hydrogen-bond acceptors (Lipinski definition) is 2. The Morgan fingerprint density at radius 1 is 1.06 bits per heavy atom. The second-order valence-corrected chi connectivity index (χ2v) is 4.57. The van der Waals surface area contributed by atoms with Gasteiger partial charge in [-0.3, -0.25) is 4.68 Å². The van der Waals surface area contributed by atoms with Gasteiger partial charge in [-0.1, -0.05) is 40.0 Å². The van der Waals surface area contributed by atoms with Gasteiger partial charge in [-0.15, -0.1) is 0 Å². The van der Waals surface area contributed by atoms with E-state index in [2.05, 4.69) is 25.5 Å². The minimum Gasteiger partial charge on any atom is -0.326 e. The normalized spacial score (nSPS) is 11.1. The first-order valence-corrected chi connectivity index (χ1v) is 7.05. The van der Waals surface area contributed by atoms with Gasteiger partial charge in [0.05, 0.1) is 5.69 Å². The zero-order valence-electron chi connectivity index (χ0n) is 11.6. The van der Waals surface area contributed by atoms with E-state index in [1.165, 1.54) is 42.6 Å². The summed E-state index contributed by atoms with van der Waals surface area (Å²) in [6.07, 6.45) is 7.17. The van der Waals surface area contributed by atoms with Crippen LogP contribution in [0.1, 0.15) is 63.4 Å². The molecule has 1 aromatic rings. The van der Waals surface area contributed by atoms with Crippen LogP contribution in [-0.4, -0.2) is 9.78 Å². The van der Waals surface area contributed by atoms with Crippen LogP contribution in [0.5, 0.6) is 0 Å². The summed E-state index contributed by atoms with van der Waals surface area (Å²) >= 11 is 0. The molecular weight excluding hydrogens is 210 g/mol. The summed E-state index contributed by atoms with van der Waals surface area (Å²) in [6.45, 7) is 8.27. The molecule has 98 valence electrons. The van der Waals surface area contributed by atoms with Gasteiger partial charge < -0.3 is 5.73 Å². The molecule has 0 radical (unpaired) electrons. The maximum Gasteiger partial charge on any atom is 0.0669 e. The van der Waals surface area contributed by atoms with Crippen molar-refractivity contribution >= 4 is 0 Å². The van der Waals surface area contributed by atoms with Crippen molar-refractivity contribution in [2.45, 2.75) is 72.4 Å². The Morgan fingerprint density at radius 3 is 2.35 bits per heavy atom. The summed E-state index contributed by atoms with van der Waals surface area (Å²) in [5.41, 5.74) is 9.66. The van der Waals surface area contributed by atoms with E-state index in [0.717, 1.165) is 19.4 Å². The maximum atomic E-state index is 5.84. The first-order chi connectivity index (χ1) is 8.28. The summed E-state index contributed by atoms with van der Waals surface area (Å²) in [5.74, 6) is 0. The van der Waals surface area contributed by atoms with Crippen LogP contribution < -0.4 is 5.73 Å². The van der Waals surface area contributed by atoms with E-state index in [4.69, 9.17) is 10.8 Å². The average Bonchev–Trinajstić information content (AvgIpc) is 2.71. The van der Waals surface area contributed by atoms with Gasteiger partial charge in [-0.25, -0.2) is 0 Å². The summed E-state index contributed by atoms with van der Waals surface area (Å²) in [6, 6.07) is 0. The molecule has 0 bridgehead atoms. The smallest absolute Gasteiger partial charge is 0.0669 e. The molecule has 0 saturated carbocycles. The maximum absolute atomic E-state index is 5.84. The number of unbranched alkanes of at least 4 members (excludes halogenated alkanes) is 3. The van der Waals surface area contributed by atoms with Crippen molar-refractivity contribution in [2.24, 2.45) is 5.73 Å². The van der Waals surface area contributed by atoms with Gasteiger partial charge in [0.2, 0.25) is 0 Å². The zero-order valence-corrected chi connectivity index (χ0v) is 11.6. The lowest BCUT2D eigenvalue weighted by atomic mass is 10.1. The van der Waals surface area contributed by atoms with Crippen molar-refractivity contribution in [1.82, 2.24) is 9.78 Å².